The number of carbonyl (C=O) groups is 1. The summed E-state index contributed by atoms with van der Waals surface area (Å²) in [5.74, 6) is 0.312. The lowest BCUT2D eigenvalue weighted by Crippen LogP contribution is -2.37. The fourth-order valence-corrected chi connectivity index (χ4v) is 3.28. The summed E-state index contributed by atoms with van der Waals surface area (Å²) in [6, 6.07) is 7.98. The molecule has 0 radical (unpaired) electrons. The standard InChI is InChI=1S/C13H14ClNO/c14-11-4-2-10(3-5-11)13-7-1-9-15(13)12(16)6-8-13/h2-5H,1,6-9H2. The lowest BCUT2D eigenvalue weighted by Gasteiger charge is -2.32. The van der Waals surface area contributed by atoms with Gasteiger partial charge >= 0.3 is 0 Å². The van der Waals surface area contributed by atoms with Crippen LogP contribution in [0.15, 0.2) is 24.3 Å². The molecule has 2 nitrogen and oxygen atoms in total. The van der Waals surface area contributed by atoms with Gasteiger partial charge in [0.05, 0.1) is 5.54 Å². The van der Waals surface area contributed by atoms with Crippen molar-refractivity contribution in [1.82, 2.24) is 4.90 Å². The number of fused-ring (bicyclic) bond motifs is 1. The first-order valence-corrected chi connectivity index (χ1v) is 6.17. The zero-order valence-corrected chi connectivity index (χ0v) is 9.83. The summed E-state index contributed by atoms with van der Waals surface area (Å²) in [4.78, 5) is 13.9. The molecule has 0 aromatic heterocycles. The Balaban J connectivity index is 2.04. The predicted molar refractivity (Wildman–Crippen MR) is 63.3 cm³/mol. The smallest absolute Gasteiger partial charge is 0.223 e. The summed E-state index contributed by atoms with van der Waals surface area (Å²) in [5.41, 5.74) is 1.24. The second kappa shape index (κ2) is 3.49. The first-order chi connectivity index (χ1) is 7.72. The number of carbonyl (C=O) groups excluding carboxylic acids is 1. The molecule has 0 saturated carbocycles. The lowest BCUT2D eigenvalue weighted by molar-refractivity contribution is -0.129. The number of hydrogen-bond donors (Lipinski definition) is 0. The average molecular weight is 236 g/mol. The molecule has 0 aliphatic carbocycles. The molecule has 0 bridgehead atoms. The Hall–Kier alpha value is -1.02. The van der Waals surface area contributed by atoms with E-state index in [0.717, 1.165) is 30.8 Å². The van der Waals surface area contributed by atoms with Crippen LogP contribution in [0.2, 0.25) is 5.02 Å². The molecule has 1 amide bonds. The van der Waals surface area contributed by atoms with E-state index in [1.54, 1.807) is 0 Å². The highest BCUT2D eigenvalue weighted by Crippen LogP contribution is 2.47. The lowest BCUT2D eigenvalue weighted by atomic mass is 9.86. The maximum absolute atomic E-state index is 11.8. The number of hydrogen-bond acceptors (Lipinski definition) is 1. The highest BCUT2D eigenvalue weighted by Gasteiger charge is 2.49. The molecule has 2 heterocycles. The third kappa shape index (κ3) is 1.29. The molecule has 0 spiro atoms. The van der Waals surface area contributed by atoms with Crippen molar-refractivity contribution in [3.63, 3.8) is 0 Å². The SMILES string of the molecule is O=C1CCC2(c3ccc(Cl)cc3)CCCN12. The van der Waals surface area contributed by atoms with E-state index in [1.165, 1.54) is 5.56 Å². The van der Waals surface area contributed by atoms with E-state index in [4.69, 9.17) is 11.6 Å². The molecular formula is C13H14ClNO. The Morgan fingerprint density at radius 3 is 2.69 bits per heavy atom. The van der Waals surface area contributed by atoms with E-state index >= 15 is 0 Å². The number of rotatable bonds is 1. The van der Waals surface area contributed by atoms with E-state index in [9.17, 15) is 4.79 Å². The van der Waals surface area contributed by atoms with Crippen molar-refractivity contribution in [3.05, 3.63) is 34.9 Å². The first-order valence-electron chi connectivity index (χ1n) is 5.79. The number of halogens is 1. The van der Waals surface area contributed by atoms with Gasteiger partial charge in [-0.3, -0.25) is 4.79 Å². The van der Waals surface area contributed by atoms with Crippen LogP contribution in [0, 0.1) is 0 Å². The quantitative estimate of drug-likeness (QED) is 0.733. The van der Waals surface area contributed by atoms with Crippen LogP contribution in [0.1, 0.15) is 31.2 Å². The normalized spacial score (nSPS) is 28.6. The minimum atomic E-state index is -0.0122. The van der Waals surface area contributed by atoms with E-state index in [2.05, 4.69) is 17.0 Å². The summed E-state index contributed by atoms with van der Waals surface area (Å²) < 4.78 is 0. The molecule has 0 N–H and O–H groups in total. The van der Waals surface area contributed by atoms with Crippen LogP contribution in [0.25, 0.3) is 0 Å². The average Bonchev–Trinajstić information content (AvgIpc) is 2.82. The minimum absolute atomic E-state index is 0.0122. The van der Waals surface area contributed by atoms with Gasteiger partial charge in [-0.05, 0) is 37.0 Å². The number of benzene rings is 1. The van der Waals surface area contributed by atoms with Crippen LogP contribution in [0.3, 0.4) is 0 Å². The summed E-state index contributed by atoms with van der Waals surface area (Å²) in [7, 11) is 0. The molecule has 84 valence electrons. The number of nitrogens with zero attached hydrogens (tertiary/aromatic N) is 1. The molecule has 3 rings (SSSR count). The Bertz CT molecular complexity index is 428. The largest absolute Gasteiger partial charge is 0.333 e. The zero-order chi connectivity index (χ0) is 11.2. The Morgan fingerprint density at radius 2 is 1.94 bits per heavy atom. The van der Waals surface area contributed by atoms with Crippen molar-refractivity contribution in [2.45, 2.75) is 31.2 Å². The molecule has 2 fully saturated rings. The van der Waals surface area contributed by atoms with Crippen LogP contribution >= 0.6 is 11.6 Å². The van der Waals surface area contributed by atoms with E-state index in [-0.39, 0.29) is 5.54 Å². The molecule has 1 atom stereocenters. The maximum atomic E-state index is 11.8. The topological polar surface area (TPSA) is 20.3 Å². The van der Waals surface area contributed by atoms with E-state index in [0.29, 0.717) is 12.3 Å². The first kappa shape index (κ1) is 10.2. The van der Waals surface area contributed by atoms with Crippen LogP contribution in [-0.4, -0.2) is 17.4 Å². The molecule has 1 aromatic rings. The van der Waals surface area contributed by atoms with Crippen molar-refractivity contribution < 1.29 is 4.79 Å². The highest BCUT2D eigenvalue weighted by molar-refractivity contribution is 6.30. The molecular weight excluding hydrogens is 222 g/mol. The summed E-state index contributed by atoms with van der Waals surface area (Å²) >= 11 is 5.91. The Labute approximate surface area is 100 Å². The molecule has 16 heavy (non-hydrogen) atoms. The summed E-state index contributed by atoms with van der Waals surface area (Å²) in [6.45, 7) is 0.918. The van der Waals surface area contributed by atoms with E-state index < -0.39 is 0 Å². The van der Waals surface area contributed by atoms with Gasteiger partial charge in [-0.1, -0.05) is 23.7 Å². The maximum Gasteiger partial charge on any atom is 0.223 e. The van der Waals surface area contributed by atoms with Crippen LogP contribution in [-0.2, 0) is 10.3 Å². The van der Waals surface area contributed by atoms with Gasteiger partial charge in [0.25, 0.3) is 0 Å². The van der Waals surface area contributed by atoms with Gasteiger partial charge in [0.1, 0.15) is 0 Å². The van der Waals surface area contributed by atoms with Crippen LogP contribution < -0.4 is 0 Å². The van der Waals surface area contributed by atoms with Gasteiger partial charge in [0, 0.05) is 18.0 Å². The van der Waals surface area contributed by atoms with Crippen molar-refractivity contribution >= 4 is 17.5 Å². The molecule has 1 unspecified atom stereocenters. The Kier molecular flexibility index (Phi) is 2.21. The fourth-order valence-electron chi connectivity index (χ4n) is 3.16. The van der Waals surface area contributed by atoms with Crippen LogP contribution in [0.4, 0.5) is 0 Å². The van der Waals surface area contributed by atoms with E-state index in [1.807, 2.05) is 12.1 Å². The predicted octanol–water partition coefficient (Wildman–Crippen LogP) is 2.95. The van der Waals surface area contributed by atoms with Crippen molar-refractivity contribution in [2.75, 3.05) is 6.54 Å². The van der Waals surface area contributed by atoms with Gasteiger partial charge in [0.15, 0.2) is 0 Å². The van der Waals surface area contributed by atoms with Crippen molar-refractivity contribution in [1.29, 1.82) is 0 Å². The van der Waals surface area contributed by atoms with Crippen LogP contribution in [0.5, 0.6) is 0 Å². The van der Waals surface area contributed by atoms with Crippen molar-refractivity contribution in [3.8, 4) is 0 Å². The van der Waals surface area contributed by atoms with Gasteiger partial charge in [-0.25, -0.2) is 0 Å². The van der Waals surface area contributed by atoms with Gasteiger partial charge in [-0.2, -0.15) is 0 Å². The number of amides is 1. The molecule has 2 aliphatic heterocycles. The zero-order valence-electron chi connectivity index (χ0n) is 9.08. The fraction of sp³-hybridized carbons (Fsp3) is 0.462. The third-order valence-corrected chi connectivity index (χ3v) is 4.18. The monoisotopic (exact) mass is 235 g/mol. The van der Waals surface area contributed by atoms with Gasteiger partial charge in [0.2, 0.25) is 5.91 Å². The molecule has 2 saturated heterocycles. The van der Waals surface area contributed by atoms with Gasteiger partial charge in [-0.15, -0.1) is 0 Å². The van der Waals surface area contributed by atoms with Gasteiger partial charge < -0.3 is 4.90 Å². The second-order valence-electron chi connectivity index (χ2n) is 4.69. The summed E-state index contributed by atoms with van der Waals surface area (Å²) in [5, 5.41) is 0.758. The molecule has 1 aromatic carbocycles. The third-order valence-electron chi connectivity index (χ3n) is 3.92. The highest BCUT2D eigenvalue weighted by atomic mass is 35.5. The summed E-state index contributed by atoms with van der Waals surface area (Å²) in [6.07, 6.45) is 3.88. The molecule has 3 heteroatoms. The van der Waals surface area contributed by atoms with Crippen molar-refractivity contribution in [2.24, 2.45) is 0 Å². The Morgan fingerprint density at radius 1 is 1.19 bits per heavy atom. The molecule has 2 aliphatic rings. The second-order valence-corrected chi connectivity index (χ2v) is 5.12. The minimum Gasteiger partial charge on any atom is -0.333 e.